The number of amides is 1. The molecule has 0 atom stereocenters. The average molecular weight is 351 g/mol. The molecule has 3 rings (SSSR count). The Morgan fingerprint density at radius 1 is 1.29 bits per heavy atom. The molecule has 130 valence electrons. The van der Waals surface area contributed by atoms with Crippen molar-refractivity contribution in [2.45, 2.75) is 44.9 Å². The van der Waals surface area contributed by atoms with Crippen LogP contribution in [0.1, 0.15) is 47.4 Å². The van der Waals surface area contributed by atoms with Crippen LogP contribution in [0.4, 0.5) is 0 Å². The molecule has 3 N–H and O–H groups in total. The number of para-hydroxylation sites is 1. The molecule has 1 heterocycles. The zero-order valence-corrected chi connectivity index (χ0v) is 14.3. The summed E-state index contributed by atoms with van der Waals surface area (Å²) < 4.78 is 11.3. The molecule has 0 spiro atoms. The fourth-order valence-electron chi connectivity index (χ4n) is 2.83. The summed E-state index contributed by atoms with van der Waals surface area (Å²) in [5, 5.41) is 2.90. The van der Waals surface area contributed by atoms with Crippen molar-refractivity contribution >= 4 is 18.3 Å². The first kappa shape index (κ1) is 18.4. The number of hydrogen-bond donors (Lipinski definition) is 2. The number of benzene rings is 1. The lowest BCUT2D eigenvalue weighted by Crippen LogP contribution is -2.23. The van der Waals surface area contributed by atoms with Crippen LogP contribution in [0.2, 0.25) is 0 Å². The van der Waals surface area contributed by atoms with Crippen molar-refractivity contribution in [3.8, 4) is 5.75 Å². The van der Waals surface area contributed by atoms with Crippen molar-refractivity contribution in [1.29, 1.82) is 0 Å². The van der Waals surface area contributed by atoms with E-state index in [9.17, 15) is 4.79 Å². The van der Waals surface area contributed by atoms with E-state index < -0.39 is 0 Å². The number of carbonyl (C=O) groups excluding carboxylic acids is 1. The maximum absolute atomic E-state index is 12.2. The molecule has 0 unspecified atom stereocenters. The molecular weight excluding hydrogens is 328 g/mol. The summed E-state index contributed by atoms with van der Waals surface area (Å²) in [4.78, 5) is 12.2. The summed E-state index contributed by atoms with van der Waals surface area (Å²) in [5.74, 6) is 1.28. The Kier molecular flexibility index (Phi) is 6.70. The standard InChI is InChI=1S/C18H22N2O3.ClH/c19-10-16-9-14(12-22-16)18(21)20-11-13-5-1-4-8-17(13)23-15-6-2-3-7-15;/h1,4-5,8-9,12,15H,2-3,6-7,10-11,19H2,(H,20,21);1H. The highest BCUT2D eigenvalue weighted by molar-refractivity contribution is 5.93. The first-order valence-electron chi connectivity index (χ1n) is 8.06. The molecule has 0 aliphatic heterocycles. The quantitative estimate of drug-likeness (QED) is 0.836. The van der Waals surface area contributed by atoms with Gasteiger partial charge < -0.3 is 20.2 Å². The van der Waals surface area contributed by atoms with Crippen molar-refractivity contribution in [3.05, 3.63) is 53.5 Å². The SMILES string of the molecule is Cl.NCc1cc(C(=O)NCc2ccccc2OC2CCCC2)co1. The van der Waals surface area contributed by atoms with Crippen LogP contribution in [0.15, 0.2) is 41.0 Å². The van der Waals surface area contributed by atoms with Crippen LogP contribution in [0.3, 0.4) is 0 Å². The van der Waals surface area contributed by atoms with Crippen molar-refractivity contribution in [2.24, 2.45) is 5.73 Å². The first-order chi connectivity index (χ1) is 11.3. The Bertz CT molecular complexity index is 666. The van der Waals surface area contributed by atoms with E-state index in [4.69, 9.17) is 14.9 Å². The molecule has 1 aromatic heterocycles. The Morgan fingerprint density at radius 2 is 2.04 bits per heavy atom. The van der Waals surface area contributed by atoms with E-state index in [1.54, 1.807) is 6.07 Å². The average Bonchev–Trinajstić information content (AvgIpc) is 3.25. The van der Waals surface area contributed by atoms with E-state index in [1.165, 1.54) is 19.1 Å². The molecule has 1 aliphatic rings. The van der Waals surface area contributed by atoms with Crippen LogP contribution >= 0.6 is 12.4 Å². The van der Waals surface area contributed by atoms with Crippen molar-refractivity contribution in [3.63, 3.8) is 0 Å². The van der Waals surface area contributed by atoms with E-state index in [0.29, 0.717) is 24.0 Å². The number of hydrogen-bond acceptors (Lipinski definition) is 4. The highest BCUT2D eigenvalue weighted by atomic mass is 35.5. The minimum Gasteiger partial charge on any atom is -0.490 e. The normalized spacial score (nSPS) is 14.2. The summed E-state index contributed by atoms with van der Waals surface area (Å²) in [6.07, 6.45) is 6.40. The number of carbonyl (C=O) groups is 1. The number of ether oxygens (including phenoxy) is 1. The fourth-order valence-corrected chi connectivity index (χ4v) is 2.83. The zero-order valence-electron chi connectivity index (χ0n) is 13.5. The zero-order chi connectivity index (χ0) is 16.1. The molecular formula is C18H23ClN2O3. The maximum Gasteiger partial charge on any atom is 0.254 e. The lowest BCUT2D eigenvalue weighted by atomic mass is 10.2. The minimum absolute atomic E-state index is 0. The van der Waals surface area contributed by atoms with Crippen LogP contribution in [-0.2, 0) is 13.1 Å². The van der Waals surface area contributed by atoms with Gasteiger partial charge in [-0.1, -0.05) is 18.2 Å². The van der Waals surface area contributed by atoms with Crippen LogP contribution in [0.25, 0.3) is 0 Å². The van der Waals surface area contributed by atoms with E-state index in [-0.39, 0.29) is 24.9 Å². The molecule has 1 aliphatic carbocycles. The summed E-state index contributed by atoms with van der Waals surface area (Å²) in [6, 6.07) is 9.51. The van der Waals surface area contributed by atoms with Crippen LogP contribution in [0.5, 0.6) is 5.75 Å². The molecule has 6 heteroatoms. The Morgan fingerprint density at radius 3 is 2.75 bits per heavy atom. The smallest absolute Gasteiger partial charge is 0.254 e. The predicted molar refractivity (Wildman–Crippen MR) is 94.3 cm³/mol. The Balaban J connectivity index is 0.00000208. The number of rotatable bonds is 6. The van der Waals surface area contributed by atoms with Gasteiger partial charge in [-0.25, -0.2) is 0 Å². The van der Waals surface area contributed by atoms with Gasteiger partial charge in [0.25, 0.3) is 5.91 Å². The van der Waals surface area contributed by atoms with E-state index in [0.717, 1.165) is 24.2 Å². The summed E-state index contributed by atoms with van der Waals surface area (Å²) >= 11 is 0. The fraction of sp³-hybridized carbons (Fsp3) is 0.389. The monoisotopic (exact) mass is 350 g/mol. The van der Waals surface area contributed by atoms with Gasteiger partial charge in [-0.3, -0.25) is 4.79 Å². The van der Waals surface area contributed by atoms with Gasteiger partial charge in [0.1, 0.15) is 17.8 Å². The number of nitrogens with one attached hydrogen (secondary N) is 1. The molecule has 1 fully saturated rings. The molecule has 24 heavy (non-hydrogen) atoms. The third-order valence-electron chi connectivity index (χ3n) is 4.12. The number of furan rings is 1. The van der Waals surface area contributed by atoms with Gasteiger partial charge in [-0.15, -0.1) is 12.4 Å². The lowest BCUT2D eigenvalue weighted by molar-refractivity contribution is 0.0949. The largest absolute Gasteiger partial charge is 0.490 e. The summed E-state index contributed by atoms with van der Waals surface area (Å²) in [5.41, 5.74) is 6.95. The molecule has 0 saturated heterocycles. The lowest BCUT2D eigenvalue weighted by Gasteiger charge is -2.16. The van der Waals surface area contributed by atoms with E-state index in [1.807, 2.05) is 24.3 Å². The number of halogens is 1. The van der Waals surface area contributed by atoms with Gasteiger partial charge in [0.2, 0.25) is 0 Å². The van der Waals surface area contributed by atoms with Gasteiger partial charge in [-0.2, -0.15) is 0 Å². The summed E-state index contributed by atoms with van der Waals surface area (Å²) in [7, 11) is 0. The molecule has 2 aromatic rings. The van der Waals surface area contributed by atoms with Gasteiger partial charge >= 0.3 is 0 Å². The first-order valence-corrected chi connectivity index (χ1v) is 8.06. The molecule has 0 radical (unpaired) electrons. The molecule has 1 aromatic carbocycles. The highest BCUT2D eigenvalue weighted by Crippen LogP contribution is 2.26. The second-order valence-corrected chi connectivity index (χ2v) is 5.82. The summed E-state index contributed by atoms with van der Waals surface area (Å²) in [6.45, 7) is 0.705. The molecule has 0 bridgehead atoms. The Hall–Kier alpha value is -1.98. The second kappa shape index (κ2) is 8.76. The van der Waals surface area contributed by atoms with Crippen LogP contribution < -0.4 is 15.8 Å². The Labute approximate surface area is 148 Å². The maximum atomic E-state index is 12.2. The molecule has 5 nitrogen and oxygen atoms in total. The van der Waals surface area contributed by atoms with Crippen LogP contribution in [0, 0.1) is 0 Å². The second-order valence-electron chi connectivity index (χ2n) is 5.82. The van der Waals surface area contributed by atoms with E-state index >= 15 is 0 Å². The van der Waals surface area contributed by atoms with Gasteiger partial charge in [-0.05, 0) is 37.8 Å². The minimum atomic E-state index is -0.177. The third kappa shape index (κ3) is 4.52. The number of nitrogens with two attached hydrogens (primary N) is 1. The van der Waals surface area contributed by atoms with E-state index in [2.05, 4.69) is 5.32 Å². The van der Waals surface area contributed by atoms with Gasteiger partial charge in [0.15, 0.2) is 0 Å². The van der Waals surface area contributed by atoms with Gasteiger partial charge in [0.05, 0.1) is 18.2 Å². The molecule has 1 saturated carbocycles. The van der Waals surface area contributed by atoms with Crippen molar-refractivity contribution in [2.75, 3.05) is 0 Å². The predicted octanol–water partition coefficient (Wildman–Crippen LogP) is 3.41. The van der Waals surface area contributed by atoms with Crippen molar-refractivity contribution < 1.29 is 13.9 Å². The van der Waals surface area contributed by atoms with Gasteiger partial charge in [0, 0.05) is 12.1 Å². The van der Waals surface area contributed by atoms with Crippen LogP contribution in [-0.4, -0.2) is 12.0 Å². The molecule has 1 amide bonds. The van der Waals surface area contributed by atoms with Crippen molar-refractivity contribution in [1.82, 2.24) is 5.32 Å². The third-order valence-corrected chi connectivity index (χ3v) is 4.12. The highest BCUT2D eigenvalue weighted by Gasteiger charge is 2.18. The topological polar surface area (TPSA) is 77.5 Å².